The summed E-state index contributed by atoms with van der Waals surface area (Å²) in [5.41, 5.74) is 4.86. The lowest BCUT2D eigenvalue weighted by atomic mass is 9.96. The number of benzene rings is 2. The second kappa shape index (κ2) is 10.1. The standard InChI is InChI=1S/C32H26F2N6O2S/c1-5-27(41)39-15-17(2)40-21(16-39)13-24(37-40)31-29(28-23(34)11-20(33)12-26(28)42-4)32-22(8-9-43-32)30(36-31)18-6-7-25-19(10-18)14-35-38(25)3/h5-14,17H,1,15-16H2,2-4H3. The van der Waals surface area contributed by atoms with Crippen molar-refractivity contribution >= 4 is 38.2 Å². The molecule has 0 spiro atoms. The first kappa shape index (κ1) is 27.0. The smallest absolute Gasteiger partial charge is 0.246 e. The number of hydrogen-bond donors (Lipinski definition) is 0. The van der Waals surface area contributed by atoms with Gasteiger partial charge >= 0.3 is 0 Å². The molecule has 11 heteroatoms. The van der Waals surface area contributed by atoms with Gasteiger partial charge in [-0.05, 0) is 42.6 Å². The summed E-state index contributed by atoms with van der Waals surface area (Å²) in [6, 6.07) is 11.8. The molecule has 1 aliphatic rings. The third-order valence-corrected chi connectivity index (χ3v) is 8.85. The highest BCUT2D eigenvalue weighted by molar-refractivity contribution is 7.18. The summed E-state index contributed by atoms with van der Waals surface area (Å²) in [4.78, 5) is 19.3. The summed E-state index contributed by atoms with van der Waals surface area (Å²) in [6.45, 7) is 6.43. The van der Waals surface area contributed by atoms with Crippen LogP contribution in [-0.2, 0) is 18.4 Å². The van der Waals surface area contributed by atoms with Crippen molar-refractivity contribution in [1.29, 1.82) is 0 Å². The Morgan fingerprint density at radius 1 is 1.14 bits per heavy atom. The fourth-order valence-corrected chi connectivity index (χ4v) is 6.88. The number of rotatable bonds is 5. The highest BCUT2D eigenvalue weighted by Gasteiger charge is 2.30. The number of amides is 1. The van der Waals surface area contributed by atoms with Gasteiger partial charge in [0.25, 0.3) is 0 Å². The molecule has 7 rings (SSSR count). The van der Waals surface area contributed by atoms with E-state index in [1.165, 1.54) is 30.6 Å². The molecule has 4 aromatic heterocycles. The molecule has 0 bridgehead atoms. The van der Waals surface area contributed by atoms with Gasteiger partial charge in [-0.25, -0.2) is 13.8 Å². The highest BCUT2D eigenvalue weighted by Crippen LogP contribution is 2.47. The number of carbonyl (C=O) groups excluding carboxylic acids is 1. The molecule has 0 saturated carbocycles. The van der Waals surface area contributed by atoms with Gasteiger partial charge in [-0.15, -0.1) is 11.3 Å². The van der Waals surface area contributed by atoms with Gasteiger partial charge in [0.05, 0.1) is 48.4 Å². The van der Waals surface area contributed by atoms with Gasteiger partial charge in [0.15, 0.2) is 0 Å². The minimum atomic E-state index is -0.765. The third kappa shape index (κ3) is 4.30. The van der Waals surface area contributed by atoms with E-state index in [0.717, 1.165) is 38.3 Å². The van der Waals surface area contributed by atoms with Crippen LogP contribution < -0.4 is 4.74 Å². The van der Waals surface area contributed by atoms with Crippen LogP contribution in [-0.4, -0.2) is 49.0 Å². The van der Waals surface area contributed by atoms with Crippen molar-refractivity contribution in [3.05, 3.63) is 84.0 Å². The summed E-state index contributed by atoms with van der Waals surface area (Å²) < 4.78 is 40.0. The molecule has 1 amide bonds. The zero-order valence-electron chi connectivity index (χ0n) is 23.6. The van der Waals surface area contributed by atoms with Crippen LogP contribution in [0.15, 0.2) is 66.7 Å². The molecule has 216 valence electrons. The molecule has 0 radical (unpaired) electrons. The van der Waals surface area contributed by atoms with E-state index in [4.69, 9.17) is 14.8 Å². The van der Waals surface area contributed by atoms with Crippen LogP contribution in [0.1, 0.15) is 18.7 Å². The molecule has 1 atom stereocenters. The predicted molar refractivity (Wildman–Crippen MR) is 163 cm³/mol. The Kier molecular flexibility index (Phi) is 6.35. The van der Waals surface area contributed by atoms with E-state index < -0.39 is 11.6 Å². The Balaban J connectivity index is 1.52. The topological polar surface area (TPSA) is 78.1 Å². The van der Waals surface area contributed by atoms with Crippen LogP contribution >= 0.6 is 11.3 Å². The highest BCUT2D eigenvalue weighted by atomic mass is 32.1. The number of hydrogen-bond acceptors (Lipinski definition) is 6. The molecule has 0 aliphatic carbocycles. The van der Waals surface area contributed by atoms with Crippen molar-refractivity contribution in [2.24, 2.45) is 7.05 Å². The number of methoxy groups -OCH3 is 1. The predicted octanol–water partition coefficient (Wildman–Crippen LogP) is 6.76. The van der Waals surface area contributed by atoms with Gasteiger partial charge < -0.3 is 9.64 Å². The van der Waals surface area contributed by atoms with Gasteiger partial charge in [0.1, 0.15) is 28.8 Å². The molecule has 0 fully saturated rings. The molecular weight excluding hydrogens is 570 g/mol. The molecule has 2 aromatic carbocycles. The summed E-state index contributed by atoms with van der Waals surface area (Å²) >= 11 is 1.44. The Morgan fingerprint density at radius 2 is 1.98 bits per heavy atom. The SMILES string of the molecule is C=CC(=O)N1Cc2cc(-c3nc(-c4ccc5c(cnn5C)c4)c4ccsc4c3-c3c(F)cc(F)cc3OC)nn2C(C)C1. The van der Waals surface area contributed by atoms with Crippen LogP contribution in [0, 0.1) is 11.6 Å². The Morgan fingerprint density at radius 3 is 2.77 bits per heavy atom. The molecule has 8 nitrogen and oxygen atoms in total. The molecule has 0 N–H and O–H groups in total. The number of halogens is 2. The lowest BCUT2D eigenvalue weighted by Gasteiger charge is -2.31. The maximum Gasteiger partial charge on any atom is 0.246 e. The van der Waals surface area contributed by atoms with Crippen LogP contribution in [0.2, 0.25) is 0 Å². The van der Waals surface area contributed by atoms with E-state index >= 15 is 4.39 Å². The number of fused-ring (bicyclic) bond motifs is 3. The first-order chi connectivity index (χ1) is 20.8. The molecule has 5 heterocycles. The fraction of sp³-hybridized carbons (Fsp3) is 0.188. The summed E-state index contributed by atoms with van der Waals surface area (Å²) in [5, 5.41) is 13.0. The lowest BCUT2D eigenvalue weighted by Crippen LogP contribution is -2.39. The maximum absolute atomic E-state index is 15.8. The van der Waals surface area contributed by atoms with Crippen LogP contribution in [0.5, 0.6) is 5.75 Å². The number of aryl methyl sites for hydroxylation is 1. The molecule has 0 saturated heterocycles. The largest absolute Gasteiger partial charge is 0.496 e. The van der Waals surface area contributed by atoms with E-state index in [1.54, 1.807) is 11.1 Å². The summed E-state index contributed by atoms with van der Waals surface area (Å²) in [6.07, 6.45) is 3.11. The number of carbonyl (C=O) groups is 1. The number of aromatic nitrogens is 5. The number of thiophene rings is 1. The summed E-state index contributed by atoms with van der Waals surface area (Å²) in [7, 11) is 3.27. The fourth-order valence-electron chi connectivity index (χ4n) is 5.93. The Hall–Kier alpha value is -4.90. The van der Waals surface area contributed by atoms with E-state index in [9.17, 15) is 9.18 Å². The first-order valence-corrected chi connectivity index (χ1v) is 14.5. The Bertz CT molecular complexity index is 2090. The van der Waals surface area contributed by atoms with Crippen molar-refractivity contribution in [3.8, 4) is 39.5 Å². The Labute approximate surface area is 249 Å². The van der Waals surface area contributed by atoms with Crippen LogP contribution in [0.3, 0.4) is 0 Å². The van der Waals surface area contributed by atoms with Crippen molar-refractivity contribution in [1.82, 2.24) is 29.4 Å². The van der Waals surface area contributed by atoms with Gasteiger partial charge in [0.2, 0.25) is 5.91 Å². The number of nitrogens with zero attached hydrogens (tertiary/aromatic N) is 6. The lowest BCUT2D eigenvalue weighted by molar-refractivity contribution is -0.127. The minimum Gasteiger partial charge on any atom is -0.496 e. The maximum atomic E-state index is 15.8. The number of ether oxygens (including phenoxy) is 1. The van der Waals surface area contributed by atoms with Crippen LogP contribution in [0.25, 0.3) is 54.8 Å². The van der Waals surface area contributed by atoms with E-state index in [-0.39, 0.29) is 23.3 Å². The molecule has 1 aliphatic heterocycles. The van der Waals surface area contributed by atoms with Crippen molar-refractivity contribution < 1.29 is 18.3 Å². The van der Waals surface area contributed by atoms with Crippen molar-refractivity contribution in [3.63, 3.8) is 0 Å². The zero-order chi connectivity index (χ0) is 30.0. The minimum absolute atomic E-state index is 0.0554. The molecule has 6 aromatic rings. The van der Waals surface area contributed by atoms with E-state index in [2.05, 4.69) is 11.7 Å². The van der Waals surface area contributed by atoms with Gasteiger partial charge in [-0.2, -0.15) is 10.2 Å². The van der Waals surface area contributed by atoms with Crippen molar-refractivity contribution in [2.75, 3.05) is 13.7 Å². The average molecular weight is 597 g/mol. The average Bonchev–Trinajstić information content (AvgIpc) is 3.74. The monoisotopic (exact) mass is 596 g/mol. The van der Waals surface area contributed by atoms with Crippen LogP contribution in [0.4, 0.5) is 8.78 Å². The van der Waals surface area contributed by atoms with Crippen molar-refractivity contribution in [2.45, 2.75) is 19.5 Å². The second-order valence-electron chi connectivity index (χ2n) is 10.6. The molecule has 1 unspecified atom stereocenters. The normalized spacial score (nSPS) is 14.8. The third-order valence-electron chi connectivity index (χ3n) is 7.91. The van der Waals surface area contributed by atoms with E-state index in [1.807, 2.05) is 59.0 Å². The van der Waals surface area contributed by atoms with Gasteiger partial charge in [-0.3, -0.25) is 14.2 Å². The first-order valence-electron chi connectivity index (χ1n) is 13.6. The van der Waals surface area contributed by atoms with Gasteiger partial charge in [-0.1, -0.05) is 12.6 Å². The van der Waals surface area contributed by atoms with E-state index in [0.29, 0.717) is 35.7 Å². The quantitative estimate of drug-likeness (QED) is 0.206. The molecular formula is C32H26F2N6O2S. The summed E-state index contributed by atoms with van der Waals surface area (Å²) in [5.74, 6) is -1.61. The zero-order valence-corrected chi connectivity index (χ0v) is 24.5. The van der Waals surface area contributed by atoms with Gasteiger partial charge in [0, 0.05) is 52.3 Å². The molecule has 43 heavy (non-hydrogen) atoms. The second-order valence-corrected chi connectivity index (χ2v) is 11.5. The number of pyridine rings is 1.